The van der Waals surface area contributed by atoms with Crippen molar-refractivity contribution in [1.29, 1.82) is 0 Å². The van der Waals surface area contributed by atoms with Crippen LogP contribution >= 0.6 is 0 Å². The zero-order valence-corrected chi connectivity index (χ0v) is 13.4. The fourth-order valence-electron chi connectivity index (χ4n) is 3.25. The molecule has 0 atom stereocenters. The number of aromatic amines is 1. The minimum Gasteiger partial charge on any atom is -0.363 e. The number of para-hydroxylation sites is 1. The summed E-state index contributed by atoms with van der Waals surface area (Å²) in [6.07, 6.45) is 1.63. The van der Waals surface area contributed by atoms with Crippen LogP contribution in [-0.4, -0.2) is 47.2 Å². The molecule has 0 bridgehead atoms. The van der Waals surface area contributed by atoms with Gasteiger partial charge in [0.25, 0.3) is 5.91 Å². The molecular formula is C18H16F2N4O. The van der Waals surface area contributed by atoms with E-state index in [-0.39, 0.29) is 11.6 Å². The quantitative estimate of drug-likeness (QED) is 0.779. The summed E-state index contributed by atoms with van der Waals surface area (Å²) in [6.45, 7) is 1.57. The number of amides is 1. The molecule has 1 amide bonds. The van der Waals surface area contributed by atoms with Gasteiger partial charge in [0.2, 0.25) is 0 Å². The Hall–Kier alpha value is -2.96. The maximum atomic E-state index is 13.9. The number of piperazine rings is 1. The highest BCUT2D eigenvalue weighted by atomic mass is 19.1. The van der Waals surface area contributed by atoms with Crippen molar-refractivity contribution in [3.05, 3.63) is 59.8 Å². The molecule has 25 heavy (non-hydrogen) atoms. The van der Waals surface area contributed by atoms with Gasteiger partial charge in [-0.2, -0.15) is 5.10 Å². The lowest BCUT2D eigenvalue weighted by atomic mass is 10.1. The Bertz CT molecular complexity index is 911. The number of aromatic nitrogens is 2. The molecule has 1 aromatic heterocycles. The molecule has 4 rings (SSSR count). The van der Waals surface area contributed by atoms with Gasteiger partial charge in [0.05, 0.1) is 17.3 Å². The van der Waals surface area contributed by atoms with E-state index in [9.17, 15) is 13.6 Å². The minimum atomic E-state index is -0.581. The molecule has 0 aliphatic carbocycles. The predicted octanol–water partition coefficient (Wildman–Crippen LogP) is 2.80. The normalized spacial score (nSPS) is 15.0. The van der Waals surface area contributed by atoms with E-state index >= 15 is 0 Å². The average Bonchev–Trinajstić information content (AvgIpc) is 3.10. The third kappa shape index (κ3) is 2.71. The lowest BCUT2D eigenvalue weighted by Gasteiger charge is -2.36. The monoisotopic (exact) mass is 342 g/mol. The summed E-state index contributed by atoms with van der Waals surface area (Å²) in [5, 5.41) is 7.59. The van der Waals surface area contributed by atoms with Gasteiger partial charge in [-0.25, -0.2) is 8.78 Å². The van der Waals surface area contributed by atoms with Crippen LogP contribution in [0.3, 0.4) is 0 Å². The van der Waals surface area contributed by atoms with Crippen molar-refractivity contribution in [2.75, 3.05) is 31.1 Å². The molecule has 5 nitrogen and oxygen atoms in total. The molecule has 128 valence electrons. The van der Waals surface area contributed by atoms with Crippen molar-refractivity contribution in [2.45, 2.75) is 0 Å². The number of carbonyl (C=O) groups excluding carboxylic acids is 1. The van der Waals surface area contributed by atoms with Crippen LogP contribution < -0.4 is 4.90 Å². The molecule has 1 aliphatic rings. The topological polar surface area (TPSA) is 52.2 Å². The molecule has 3 aromatic rings. The van der Waals surface area contributed by atoms with Crippen molar-refractivity contribution < 1.29 is 13.6 Å². The Morgan fingerprint density at radius 2 is 1.68 bits per heavy atom. The number of fused-ring (bicyclic) bond motifs is 1. The van der Waals surface area contributed by atoms with Gasteiger partial charge in [-0.15, -0.1) is 0 Å². The molecule has 0 spiro atoms. The van der Waals surface area contributed by atoms with Gasteiger partial charge in [0, 0.05) is 31.6 Å². The van der Waals surface area contributed by atoms with Crippen LogP contribution in [0.4, 0.5) is 14.5 Å². The van der Waals surface area contributed by atoms with Gasteiger partial charge < -0.3 is 9.80 Å². The predicted molar refractivity (Wildman–Crippen MR) is 90.6 cm³/mol. The molecule has 7 heteroatoms. The van der Waals surface area contributed by atoms with Crippen LogP contribution in [0.2, 0.25) is 0 Å². The summed E-state index contributed by atoms with van der Waals surface area (Å²) in [5.41, 5.74) is 1.36. The van der Waals surface area contributed by atoms with Gasteiger partial charge in [0.15, 0.2) is 0 Å². The second-order valence-corrected chi connectivity index (χ2v) is 5.99. The number of anilines is 1. The number of H-pyrrole nitrogens is 1. The Kier molecular flexibility index (Phi) is 3.83. The standard InChI is InChI=1S/C18H16F2N4O/c19-14-4-2-5-15(20)17(14)23-7-9-24(10-8-23)18(25)12-3-1-6-16-13(12)11-21-22-16/h1-6,11H,7-10H2,(H,21,22). The molecule has 0 radical (unpaired) electrons. The van der Waals surface area contributed by atoms with Crippen molar-refractivity contribution in [2.24, 2.45) is 0 Å². The summed E-state index contributed by atoms with van der Waals surface area (Å²) < 4.78 is 27.8. The Morgan fingerprint density at radius 3 is 2.40 bits per heavy atom. The molecular weight excluding hydrogens is 326 g/mol. The van der Waals surface area contributed by atoms with E-state index < -0.39 is 11.6 Å². The van der Waals surface area contributed by atoms with E-state index in [0.29, 0.717) is 31.7 Å². The Labute approximate surface area is 142 Å². The first kappa shape index (κ1) is 15.6. The second-order valence-electron chi connectivity index (χ2n) is 5.99. The smallest absolute Gasteiger partial charge is 0.254 e. The summed E-state index contributed by atoms with van der Waals surface area (Å²) in [5.74, 6) is -1.26. The first-order valence-electron chi connectivity index (χ1n) is 8.05. The first-order chi connectivity index (χ1) is 12.1. The average molecular weight is 342 g/mol. The Morgan fingerprint density at radius 1 is 1.00 bits per heavy atom. The zero-order valence-electron chi connectivity index (χ0n) is 13.4. The lowest BCUT2D eigenvalue weighted by molar-refractivity contribution is 0.0748. The van der Waals surface area contributed by atoms with Crippen LogP contribution in [0.5, 0.6) is 0 Å². The first-order valence-corrected chi connectivity index (χ1v) is 8.05. The van der Waals surface area contributed by atoms with Gasteiger partial charge in [-0.05, 0) is 24.3 Å². The summed E-state index contributed by atoms with van der Waals surface area (Å²) >= 11 is 0. The van der Waals surface area contributed by atoms with E-state index in [1.54, 1.807) is 28.1 Å². The van der Waals surface area contributed by atoms with Crippen LogP contribution in [-0.2, 0) is 0 Å². The maximum absolute atomic E-state index is 13.9. The van der Waals surface area contributed by atoms with Gasteiger partial charge in [0.1, 0.15) is 17.3 Å². The second kappa shape index (κ2) is 6.16. The molecule has 2 heterocycles. The number of nitrogens with one attached hydrogen (secondary N) is 1. The van der Waals surface area contributed by atoms with Crippen molar-refractivity contribution >= 4 is 22.5 Å². The third-order valence-electron chi connectivity index (χ3n) is 4.54. The summed E-state index contributed by atoms with van der Waals surface area (Å²) in [4.78, 5) is 16.2. The molecule has 1 saturated heterocycles. The molecule has 0 saturated carbocycles. The summed E-state index contributed by atoms with van der Waals surface area (Å²) in [6, 6.07) is 9.27. The van der Waals surface area contributed by atoms with Crippen molar-refractivity contribution in [1.82, 2.24) is 15.1 Å². The third-order valence-corrected chi connectivity index (χ3v) is 4.54. The Balaban J connectivity index is 1.52. The molecule has 0 unspecified atom stereocenters. The number of nitrogens with zero attached hydrogens (tertiary/aromatic N) is 3. The molecule has 1 N–H and O–H groups in total. The number of rotatable bonds is 2. The number of benzene rings is 2. The van der Waals surface area contributed by atoms with E-state index in [2.05, 4.69) is 10.2 Å². The van der Waals surface area contributed by atoms with E-state index in [1.807, 2.05) is 6.07 Å². The number of halogens is 2. The zero-order chi connectivity index (χ0) is 17.4. The largest absolute Gasteiger partial charge is 0.363 e. The number of carbonyl (C=O) groups is 1. The van der Waals surface area contributed by atoms with E-state index in [4.69, 9.17) is 0 Å². The van der Waals surface area contributed by atoms with Gasteiger partial charge in [-0.1, -0.05) is 12.1 Å². The minimum absolute atomic E-state index is 0.0217. The van der Waals surface area contributed by atoms with Crippen LogP contribution in [0, 0.1) is 11.6 Å². The lowest BCUT2D eigenvalue weighted by Crippen LogP contribution is -2.49. The molecule has 1 fully saturated rings. The van der Waals surface area contributed by atoms with Crippen LogP contribution in [0.1, 0.15) is 10.4 Å². The molecule has 1 aliphatic heterocycles. The molecule has 2 aromatic carbocycles. The highest BCUT2D eigenvalue weighted by molar-refractivity contribution is 6.06. The van der Waals surface area contributed by atoms with E-state index in [1.165, 1.54) is 18.2 Å². The maximum Gasteiger partial charge on any atom is 0.254 e. The van der Waals surface area contributed by atoms with Crippen molar-refractivity contribution in [3.63, 3.8) is 0 Å². The van der Waals surface area contributed by atoms with Gasteiger partial charge in [-0.3, -0.25) is 9.89 Å². The number of hydrogen-bond donors (Lipinski definition) is 1. The summed E-state index contributed by atoms with van der Waals surface area (Å²) in [7, 11) is 0. The van der Waals surface area contributed by atoms with Crippen molar-refractivity contribution in [3.8, 4) is 0 Å². The van der Waals surface area contributed by atoms with E-state index in [0.717, 1.165) is 10.9 Å². The number of hydrogen-bond acceptors (Lipinski definition) is 3. The fourth-order valence-corrected chi connectivity index (χ4v) is 3.25. The SMILES string of the molecule is O=C(c1cccc2[nH]ncc12)N1CCN(c2c(F)cccc2F)CC1. The highest BCUT2D eigenvalue weighted by Gasteiger charge is 2.26. The van der Waals surface area contributed by atoms with Crippen LogP contribution in [0.25, 0.3) is 10.9 Å². The van der Waals surface area contributed by atoms with Gasteiger partial charge >= 0.3 is 0 Å². The highest BCUT2D eigenvalue weighted by Crippen LogP contribution is 2.25. The fraction of sp³-hybridized carbons (Fsp3) is 0.222. The van der Waals surface area contributed by atoms with Crippen LogP contribution in [0.15, 0.2) is 42.6 Å².